The van der Waals surface area contributed by atoms with Gasteiger partial charge in [0.05, 0.1) is 5.60 Å². The summed E-state index contributed by atoms with van der Waals surface area (Å²) in [6, 6.07) is 4.80. The highest BCUT2D eigenvalue weighted by Crippen LogP contribution is 2.71. The highest BCUT2D eigenvalue weighted by molar-refractivity contribution is 5.35. The smallest absolute Gasteiger partial charge is 0.384 e. The largest absolute Gasteiger partial charge is 0.385 e. The van der Waals surface area contributed by atoms with Gasteiger partial charge in [0, 0.05) is 6.42 Å². The molecule has 0 spiro atoms. The fraction of sp³-hybridized carbons (Fsp3) is 0.667. The summed E-state index contributed by atoms with van der Waals surface area (Å²) in [5.41, 5.74) is -9.71. The number of aliphatic hydroxyl groups is 1. The van der Waals surface area contributed by atoms with Crippen molar-refractivity contribution in [1.82, 2.24) is 0 Å². The van der Waals surface area contributed by atoms with Crippen molar-refractivity contribution in [2.45, 2.75) is 74.0 Å². The Kier molecular flexibility index (Phi) is 5.51. The predicted octanol–water partition coefficient (Wildman–Crippen LogP) is 6.14. The average molecular weight is 458 g/mol. The van der Waals surface area contributed by atoms with Crippen LogP contribution in [0.3, 0.4) is 0 Å². The Morgan fingerprint density at radius 2 is 1.13 bits per heavy atom. The third-order valence-corrected chi connectivity index (χ3v) is 5.28. The van der Waals surface area contributed by atoms with Crippen LogP contribution in [0.4, 0.5) is 48.3 Å². The van der Waals surface area contributed by atoms with Crippen LogP contribution in [0.15, 0.2) is 24.3 Å². The molecule has 12 heteroatoms. The Morgan fingerprint density at radius 3 is 1.57 bits per heavy atom. The fourth-order valence-corrected chi connectivity index (χ4v) is 3.61. The average Bonchev–Trinajstić information content (AvgIpc) is 2.60. The van der Waals surface area contributed by atoms with Crippen molar-refractivity contribution in [3.05, 3.63) is 35.4 Å². The highest BCUT2D eigenvalue weighted by Gasteiger charge is 3.01. The van der Waals surface area contributed by atoms with Crippen molar-refractivity contribution in [3.63, 3.8) is 0 Å². The van der Waals surface area contributed by atoms with Crippen molar-refractivity contribution in [3.8, 4) is 0 Å². The molecule has 1 saturated carbocycles. The molecule has 0 heterocycles. The van der Waals surface area contributed by atoms with E-state index in [1.807, 2.05) is 0 Å². The maximum atomic E-state index is 15.0. The van der Waals surface area contributed by atoms with Crippen LogP contribution >= 0.6 is 0 Å². The van der Waals surface area contributed by atoms with Gasteiger partial charge in [0.2, 0.25) is 0 Å². The molecule has 0 aliphatic heterocycles. The first-order valence-corrected chi connectivity index (χ1v) is 8.65. The molecule has 2 rings (SSSR count). The molecule has 30 heavy (non-hydrogen) atoms. The lowest BCUT2D eigenvalue weighted by Gasteiger charge is -2.53. The van der Waals surface area contributed by atoms with Crippen molar-refractivity contribution in [1.29, 1.82) is 0 Å². The number of aryl methyl sites for hydroxylation is 1. The Morgan fingerprint density at radius 1 is 0.733 bits per heavy atom. The van der Waals surface area contributed by atoms with Crippen LogP contribution in [0.25, 0.3) is 0 Å². The van der Waals surface area contributed by atoms with Gasteiger partial charge in [-0.05, 0) is 24.5 Å². The summed E-state index contributed by atoms with van der Waals surface area (Å²) in [7, 11) is 0. The van der Waals surface area contributed by atoms with E-state index < -0.39 is 52.9 Å². The van der Waals surface area contributed by atoms with Crippen LogP contribution in [-0.4, -0.2) is 40.4 Å². The monoisotopic (exact) mass is 458 g/mol. The first kappa shape index (κ1) is 24.7. The second-order valence-corrected chi connectivity index (χ2v) is 7.53. The SMILES string of the molecule is CCCc1ccccc1C(C)(O)CC1(F)C(F)(F)C(F)(F)C(F)(F)C(F)(F)C1(F)F. The Labute approximate surface area is 163 Å². The second kappa shape index (κ2) is 6.70. The van der Waals surface area contributed by atoms with E-state index in [0.29, 0.717) is 13.3 Å². The third kappa shape index (κ3) is 2.77. The summed E-state index contributed by atoms with van der Waals surface area (Å²) in [4.78, 5) is 0. The summed E-state index contributed by atoms with van der Waals surface area (Å²) in [6.07, 6.45) is -2.24. The van der Waals surface area contributed by atoms with Gasteiger partial charge in [-0.2, -0.15) is 43.9 Å². The minimum Gasteiger partial charge on any atom is -0.385 e. The fourth-order valence-electron chi connectivity index (χ4n) is 3.61. The van der Waals surface area contributed by atoms with E-state index in [9.17, 15) is 49.0 Å². The summed E-state index contributed by atoms with van der Waals surface area (Å²) in [6.45, 7) is 2.09. The number of hydrogen-bond donors (Lipinski definition) is 1. The molecule has 1 aliphatic carbocycles. The molecule has 1 aromatic rings. The van der Waals surface area contributed by atoms with Crippen molar-refractivity contribution in [2.24, 2.45) is 0 Å². The Bertz CT molecular complexity index is 771. The van der Waals surface area contributed by atoms with Crippen LogP contribution in [0, 0.1) is 0 Å². The summed E-state index contributed by atoms with van der Waals surface area (Å²) in [5.74, 6) is -35.6. The molecule has 0 bridgehead atoms. The molecule has 1 fully saturated rings. The Hall–Kier alpha value is -1.59. The molecule has 1 N–H and O–H groups in total. The molecule has 1 unspecified atom stereocenters. The normalized spacial score (nSPS) is 27.3. The molecule has 1 atom stereocenters. The van der Waals surface area contributed by atoms with Gasteiger partial charge in [-0.3, -0.25) is 0 Å². The molecule has 1 aromatic carbocycles. The predicted molar refractivity (Wildman–Crippen MR) is 83.2 cm³/mol. The van der Waals surface area contributed by atoms with E-state index in [4.69, 9.17) is 0 Å². The van der Waals surface area contributed by atoms with Gasteiger partial charge in [0.25, 0.3) is 5.67 Å². The van der Waals surface area contributed by atoms with E-state index in [1.54, 1.807) is 6.92 Å². The number of alkyl halides is 11. The zero-order chi connectivity index (χ0) is 23.6. The van der Waals surface area contributed by atoms with Crippen molar-refractivity contribution >= 4 is 0 Å². The third-order valence-electron chi connectivity index (χ3n) is 5.28. The summed E-state index contributed by atoms with van der Waals surface area (Å²) < 4.78 is 153. The zero-order valence-corrected chi connectivity index (χ0v) is 15.5. The molecule has 1 nitrogen and oxygen atoms in total. The van der Waals surface area contributed by atoms with E-state index in [1.165, 1.54) is 18.2 Å². The van der Waals surface area contributed by atoms with Crippen LogP contribution in [0.2, 0.25) is 0 Å². The van der Waals surface area contributed by atoms with Crippen LogP contribution in [0.5, 0.6) is 0 Å². The van der Waals surface area contributed by atoms with Crippen LogP contribution in [-0.2, 0) is 12.0 Å². The molecular formula is C18H17F11O. The molecule has 0 saturated heterocycles. The van der Waals surface area contributed by atoms with Gasteiger partial charge in [0.1, 0.15) is 0 Å². The van der Waals surface area contributed by atoms with Crippen molar-refractivity contribution in [2.75, 3.05) is 0 Å². The van der Waals surface area contributed by atoms with Gasteiger partial charge in [-0.1, -0.05) is 37.6 Å². The van der Waals surface area contributed by atoms with Gasteiger partial charge in [-0.15, -0.1) is 0 Å². The minimum absolute atomic E-state index is 0.1000. The molecule has 0 amide bonds. The van der Waals surface area contributed by atoms with Gasteiger partial charge in [-0.25, -0.2) is 4.39 Å². The maximum Gasteiger partial charge on any atom is 0.384 e. The molecule has 1 aliphatic rings. The number of benzene rings is 1. The van der Waals surface area contributed by atoms with E-state index >= 15 is 4.39 Å². The maximum absolute atomic E-state index is 15.0. The van der Waals surface area contributed by atoms with E-state index in [0.717, 1.165) is 6.07 Å². The highest BCUT2D eigenvalue weighted by atomic mass is 19.4. The number of halogens is 11. The van der Waals surface area contributed by atoms with E-state index in [2.05, 4.69) is 0 Å². The number of hydrogen-bond acceptors (Lipinski definition) is 1. The molecule has 0 aromatic heterocycles. The van der Waals surface area contributed by atoms with Crippen LogP contribution < -0.4 is 0 Å². The van der Waals surface area contributed by atoms with E-state index in [-0.39, 0.29) is 12.0 Å². The molecular weight excluding hydrogens is 441 g/mol. The lowest BCUT2D eigenvalue weighted by molar-refractivity contribution is -0.488. The second-order valence-electron chi connectivity index (χ2n) is 7.53. The standard InChI is InChI=1S/C18H17F11O/c1-3-6-10-7-4-5-8-11(10)12(2,30)9-13(19)14(20,21)16(24,25)18(28,29)17(26,27)15(13,22)23/h4-5,7-8,30H,3,6,9H2,1-2H3. The van der Waals surface area contributed by atoms with Gasteiger partial charge in [0.15, 0.2) is 0 Å². The van der Waals surface area contributed by atoms with Crippen LogP contribution in [0.1, 0.15) is 37.8 Å². The van der Waals surface area contributed by atoms with Gasteiger partial charge >= 0.3 is 29.6 Å². The summed E-state index contributed by atoms with van der Waals surface area (Å²) in [5, 5.41) is 10.5. The lowest BCUT2D eigenvalue weighted by atomic mass is 9.67. The molecule has 172 valence electrons. The topological polar surface area (TPSA) is 20.2 Å². The first-order valence-electron chi connectivity index (χ1n) is 8.65. The zero-order valence-electron chi connectivity index (χ0n) is 15.5. The molecule has 0 radical (unpaired) electrons. The Balaban J connectivity index is 2.72. The first-order chi connectivity index (χ1) is 13.3. The number of rotatable bonds is 5. The lowest BCUT2D eigenvalue weighted by Crippen LogP contribution is -2.84. The minimum atomic E-state index is -7.27. The van der Waals surface area contributed by atoms with Crippen molar-refractivity contribution < 1.29 is 53.4 Å². The summed E-state index contributed by atoms with van der Waals surface area (Å²) >= 11 is 0. The van der Waals surface area contributed by atoms with Gasteiger partial charge < -0.3 is 5.11 Å². The quantitative estimate of drug-likeness (QED) is 0.526.